The lowest BCUT2D eigenvalue weighted by molar-refractivity contribution is -0.139. The Hall–Kier alpha value is -1.69. The Morgan fingerprint density at radius 2 is 1.67 bits per heavy atom. The minimum Gasteiger partial charge on any atom is -0.481 e. The Balaban J connectivity index is 5.08. The lowest BCUT2D eigenvalue weighted by Gasteiger charge is -2.11. The van der Waals surface area contributed by atoms with Crippen molar-refractivity contribution in [3.63, 3.8) is 0 Å². The van der Waals surface area contributed by atoms with Crippen molar-refractivity contribution in [3.8, 4) is 0 Å². The molecular weight excluding hydrogens is 276 g/mol. The van der Waals surface area contributed by atoms with Crippen LogP contribution in [0.5, 0.6) is 0 Å². The van der Waals surface area contributed by atoms with Crippen LogP contribution in [-0.2, 0) is 19.1 Å². The minimum atomic E-state index is -1.29. The van der Waals surface area contributed by atoms with Gasteiger partial charge in [0.15, 0.2) is 0 Å². The number of carboxylic acids is 2. The zero-order valence-electron chi connectivity index (χ0n) is 12.7. The highest BCUT2D eigenvalue weighted by Crippen LogP contribution is 2.19. The second-order valence-electron chi connectivity index (χ2n) is 4.72. The van der Waals surface area contributed by atoms with Crippen LogP contribution in [0, 0.1) is 0 Å². The molecule has 0 rings (SSSR count). The molecule has 120 valence electrons. The molecule has 0 radical (unpaired) electrons. The summed E-state index contributed by atoms with van der Waals surface area (Å²) in [4.78, 5) is 33.9. The molecule has 0 fully saturated rings. The molecule has 0 aliphatic rings. The molecule has 0 aliphatic carbocycles. The van der Waals surface area contributed by atoms with E-state index < -0.39 is 18.4 Å². The van der Waals surface area contributed by atoms with Crippen LogP contribution in [-0.4, -0.2) is 41.1 Å². The van der Waals surface area contributed by atoms with Gasteiger partial charge >= 0.3 is 11.9 Å². The van der Waals surface area contributed by atoms with Gasteiger partial charge in [0.2, 0.25) is 0 Å². The van der Waals surface area contributed by atoms with Gasteiger partial charge in [0.1, 0.15) is 5.78 Å². The Labute approximate surface area is 124 Å². The lowest BCUT2D eigenvalue weighted by Crippen LogP contribution is -2.13. The van der Waals surface area contributed by atoms with Crippen molar-refractivity contribution in [2.75, 3.05) is 13.2 Å². The van der Waals surface area contributed by atoms with Crippen LogP contribution in [0.4, 0.5) is 0 Å². The monoisotopic (exact) mass is 300 g/mol. The van der Waals surface area contributed by atoms with Crippen molar-refractivity contribution >= 4 is 17.7 Å². The number of carboxylic acid groups (broad SMARTS) is 2. The van der Waals surface area contributed by atoms with Gasteiger partial charge in [-0.2, -0.15) is 0 Å². The summed E-state index contributed by atoms with van der Waals surface area (Å²) in [6.45, 7) is 4.54. The van der Waals surface area contributed by atoms with E-state index in [-0.39, 0.29) is 30.8 Å². The summed E-state index contributed by atoms with van der Waals surface area (Å²) < 4.78 is 5.18. The fourth-order valence-electron chi connectivity index (χ4n) is 1.89. The molecule has 0 aromatic rings. The first-order chi connectivity index (χ1) is 9.92. The summed E-state index contributed by atoms with van der Waals surface area (Å²) in [5.41, 5.74) is 0.159. The summed E-state index contributed by atoms with van der Waals surface area (Å²) in [6, 6.07) is 0. The van der Waals surface area contributed by atoms with E-state index in [0.717, 1.165) is 12.8 Å². The van der Waals surface area contributed by atoms with Crippen molar-refractivity contribution in [1.82, 2.24) is 0 Å². The van der Waals surface area contributed by atoms with Crippen LogP contribution in [0.1, 0.15) is 52.4 Å². The number of aliphatic carboxylic acids is 2. The van der Waals surface area contributed by atoms with E-state index in [4.69, 9.17) is 14.9 Å². The van der Waals surface area contributed by atoms with E-state index in [1.54, 1.807) is 0 Å². The predicted octanol–water partition coefficient (Wildman–Crippen LogP) is 2.42. The molecule has 0 unspecified atom stereocenters. The zero-order chi connectivity index (χ0) is 16.3. The highest BCUT2D eigenvalue weighted by molar-refractivity contribution is 5.94. The number of ether oxygens (including phenoxy) is 1. The number of hydrogen-bond donors (Lipinski definition) is 2. The van der Waals surface area contributed by atoms with Gasteiger partial charge in [0.05, 0.1) is 13.0 Å². The fraction of sp³-hybridized carbons (Fsp3) is 0.667. The van der Waals surface area contributed by atoms with Gasteiger partial charge in [-0.25, -0.2) is 4.79 Å². The molecule has 6 heteroatoms. The molecule has 0 atom stereocenters. The van der Waals surface area contributed by atoms with Crippen molar-refractivity contribution in [1.29, 1.82) is 0 Å². The first-order valence-electron chi connectivity index (χ1n) is 7.17. The lowest BCUT2D eigenvalue weighted by atomic mass is 9.96. The quantitative estimate of drug-likeness (QED) is 0.424. The Morgan fingerprint density at radius 3 is 2.14 bits per heavy atom. The standard InChI is InChI=1S/C15H24O6/c1-3-5-6-12(16)9-11(7-8-21-4-2)13(15(19)20)10-14(17)18/h3-10H2,1-2H3,(H,17,18)(H,19,20). The third-order valence-electron chi connectivity index (χ3n) is 2.98. The molecule has 0 bridgehead atoms. The summed E-state index contributed by atoms with van der Waals surface area (Å²) in [5, 5.41) is 18.0. The molecule has 6 nitrogen and oxygen atoms in total. The maximum Gasteiger partial charge on any atom is 0.332 e. The van der Waals surface area contributed by atoms with Crippen molar-refractivity contribution in [2.24, 2.45) is 0 Å². The highest BCUT2D eigenvalue weighted by atomic mass is 16.5. The van der Waals surface area contributed by atoms with Gasteiger partial charge in [0.25, 0.3) is 0 Å². The molecule has 0 aliphatic heterocycles. The number of rotatable bonds is 12. The molecule has 0 saturated carbocycles. The fourth-order valence-corrected chi connectivity index (χ4v) is 1.89. The first kappa shape index (κ1) is 19.3. The van der Waals surface area contributed by atoms with Crippen molar-refractivity contribution < 1.29 is 29.3 Å². The van der Waals surface area contributed by atoms with Gasteiger partial charge in [-0.05, 0) is 25.3 Å². The average Bonchev–Trinajstić information content (AvgIpc) is 2.41. The Morgan fingerprint density at radius 1 is 1.00 bits per heavy atom. The van der Waals surface area contributed by atoms with Gasteiger partial charge in [-0.3, -0.25) is 9.59 Å². The maximum atomic E-state index is 11.8. The van der Waals surface area contributed by atoms with Gasteiger partial charge in [0, 0.05) is 25.0 Å². The topological polar surface area (TPSA) is 101 Å². The molecular formula is C15H24O6. The third-order valence-corrected chi connectivity index (χ3v) is 2.98. The number of carbonyl (C=O) groups is 3. The molecule has 0 amide bonds. The number of Topliss-reactive ketones (excluding diaryl/α,β-unsaturated/α-hetero) is 1. The third kappa shape index (κ3) is 8.96. The first-order valence-corrected chi connectivity index (χ1v) is 7.17. The molecule has 0 aromatic heterocycles. The summed E-state index contributed by atoms with van der Waals surface area (Å²) in [5.74, 6) is -2.57. The number of carbonyl (C=O) groups excluding carboxylic acids is 1. The maximum absolute atomic E-state index is 11.8. The predicted molar refractivity (Wildman–Crippen MR) is 77.2 cm³/mol. The molecule has 21 heavy (non-hydrogen) atoms. The van der Waals surface area contributed by atoms with E-state index in [1.807, 2.05) is 13.8 Å². The van der Waals surface area contributed by atoms with Gasteiger partial charge < -0.3 is 14.9 Å². The largest absolute Gasteiger partial charge is 0.481 e. The van der Waals surface area contributed by atoms with E-state index in [9.17, 15) is 14.4 Å². The van der Waals surface area contributed by atoms with Gasteiger partial charge in [-0.1, -0.05) is 13.3 Å². The Kier molecular flexibility index (Phi) is 10.1. The van der Waals surface area contributed by atoms with Crippen LogP contribution in [0.15, 0.2) is 11.1 Å². The van der Waals surface area contributed by atoms with Crippen LogP contribution >= 0.6 is 0 Å². The summed E-state index contributed by atoms with van der Waals surface area (Å²) >= 11 is 0. The number of unbranched alkanes of at least 4 members (excludes halogenated alkanes) is 1. The van der Waals surface area contributed by atoms with E-state index >= 15 is 0 Å². The Bertz CT molecular complexity index is 397. The summed E-state index contributed by atoms with van der Waals surface area (Å²) in [7, 11) is 0. The smallest absolute Gasteiger partial charge is 0.332 e. The van der Waals surface area contributed by atoms with E-state index in [1.165, 1.54) is 0 Å². The zero-order valence-corrected chi connectivity index (χ0v) is 12.7. The molecule has 2 N–H and O–H groups in total. The molecule has 0 heterocycles. The molecule has 0 saturated heterocycles. The average molecular weight is 300 g/mol. The van der Waals surface area contributed by atoms with Crippen molar-refractivity contribution in [2.45, 2.75) is 52.4 Å². The number of hydrogen-bond acceptors (Lipinski definition) is 4. The van der Waals surface area contributed by atoms with Gasteiger partial charge in [-0.15, -0.1) is 0 Å². The van der Waals surface area contributed by atoms with Crippen LogP contribution in [0.2, 0.25) is 0 Å². The van der Waals surface area contributed by atoms with Crippen molar-refractivity contribution in [3.05, 3.63) is 11.1 Å². The van der Waals surface area contributed by atoms with Crippen LogP contribution in [0.25, 0.3) is 0 Å². The highest BCUT2D eigenvalue weighted by Gasteiger charge is 2.19. The SMILES string of the molecule is CCCCC(=O)CC(CCOCC)=C(CC(=O)O)C(=O)O. The van der Waals surface area contributed by atoms with Crippen LogP contribution < -0.4 is 0 Å². The normalized spacial score (nSPS) is 11.9. The number of ketones is 1. The van der Waals surface area contributed by atoms with E-state index in [2.05, 4.69) is 0 Å². The molecule has 0 aromatic carbocycles. The second kappa shape index (κ2) is 11.0. The second-order valence-corrected chi connectivity index (χ2v) is 4.72. The molecule has 0 spiro atoms. The minimum absolute atomic E-state index is 0.0119. The summed E-state index contributed by atoms with van der Waals surface area (Å²) in [6.07, 6.45) is 1.68. The van der Waals surface area contributed by atoms with E-state index in [0.29, 0.717) is 18.6 Å². The van der Waals surface area contributed by atoms with Crippen LogP contribution in [0.3, 0.4) is 0 Å².